The van der Waals surface area contributed by atoms with Crippen LogP contribution in [0.15, 0.2) is 73.1 Å². The van der Waals surface area contributed by atoms with Crippen LogP contribution in [-0.2, 0) is 9.47 Å². The Morgan fingerprint density at radius 1 is 1.00 bits per heavy atom. The fourth-order valence-electron chi connectivity index (χ4n) is 2.44. The molecule has 0 bridgehead atoms. The molecule has 2 aromatic carbocycles. The lowest BCUT2D eigenvalue weighted by Crippen LogP contribution is -2.20. The largest absolute Gasteiger partial charge is 0.491 e. The highest BCUT2D eigenvalue weighted by atomic mass is 16.7. The summed E-state index contributed by atoms with van der Waals surface area (Å²) in [4.78, 5) is 0. The van der Waals surface area contributed by atoms with Crippen LogP contribution < -0.4 is 9.47 Å². The highest BCUT2D eigenvalue weighted by Crippen LogP contribution is 2.24. The monoisotopic (exact) mass is 368 g/mol. The Bertz CT molecular complexity index is 730. The molecule has 2 heterocycles. The maximum Gasteiger partial charge on any atom is 0.158 e. The Morgan fingerprint density at radius 2 is 1.74 bits per heavy atom. The van der Waals surface area contributed by atoms with E-state index in [0.717, 1.165) is 23.7 Å². The zero-order valence-corrected chi connectivity index (χ0v) is 15.3. The predicted molar refractivity (Wildman–Crippen MR) is 102 cm³/mol. The van der Waals surface area contributed by atoms with E-state index in [4.69, 9.17) is 18.9 Å². The zero-order valence-electron chi connectivity index (χ0n) is 15.3. The van der Waals surface area contributed by atoms with Gasteiger partial charge in [-0.1, -0.05) is 25.1 Å². The summed E-state index contributed by atoms with van der Waals surface area (Å²) < 4.78 is 22.6. The van der Waals surface area contributed by atoms with Crippen LogP contribution in [0.5, 0.6) is 17.2 Å². The molecule has 0 saturated carbocycles. The van der Waals surface area contributed by atoms with Gasteiger partial charge in [0, 0.05) is 12.4 Å². The number of H-pyrrole nitrogens is 1. The number of rotatable bonds is 6. The average molecular weight is 368 g/mol. The molecule has 0 radical (unpaired) electrons. The first kappa shape index (κ1) is 18.9. The van der Waals surface area contributed by atoms with Gasteiger partial charge >= 0.3 is 0 Å². The van der Waals surface area contributed by atoms with Crippen molar-refractivity contribution in [3.63, 3.8) is 0 Å². The predicted octanol–water partition coefficient (Wildman–Crippen LogP) is 4.42. The van der Waals surface area contributed by atoms with Crippen molar-refractivity contribution in [3.8, 4) is 17.2 Å². The minimum absolute atomic E-state index is 0.00481. The number of hydrogen-bond acceptors (Lipinski definition) is 5. The van der Waals surface area contributed by atoms with Crippen LogP contribution in [0.2, 0.25) is 0 Å². The van der Waals surface area contributed by atoms with Crippen LogP contribution in [0.25, 0.3) is 0 Å². The number of nitrogens with zero attached hydrogens (tertiary/aromatic N) is 1. The number of nitrogens with one attached hydrogen (secondary N) is 1. The van der Waals surface area contributed by atoms with Gasteiger partial charge in [-0.3, -0.25) is 5.10 Å². The van der Waals surface area contributed by atoms with Crippen LogP contribution in [0, 0.1) is 0 Å². The molecule has 0 spiro atoms. The molecule has 1 N–H and O–H groups in total. The van der Waals surface area contributed by atoms with E-state index in [1.807, 2.05) is 67.6 Å². The van der Waals surface area contributed by atoms with Gasteiger partial charge in [-0.15, -0.1) is 0 Å². The van der Waals surface area contributed by atoms with E-state index in [-0.39, 0.29) is 12.4 Å². The van der Waals surface area contributed by atoms with Gasteiger partial charge in [0.05, 0.1) is 6.61 Å². The number of aromatic nitrogens is 2. The summed E-state index contributed by atoms with van der Waals surface area (Å²) in [6.07, 6.45) is 4.24. The average Bonchev–Trinajstić information content (AvgIpc) is 3.43. The van der Waals surface area contributed by atoms with E-state index in [0.29, 0.717) is 13.2 Å². The highest BCUT2D eigenvalue weighted by molar-refractivity contribution is 5.35. The smallest absolute Gasteiger partial charge is 0.158 e. The van der Waals surface area contributed by atoms with Crippen molar-refractivity contribution in [3.05, 3.63) is 73.1 Å². The standard InChI is InChI=1S/C18H20O4.C3H4N2/c1-2-18-20-13-17(22-18)12-19-14-8-10-16(11-9-14)21-15-6-4-3-5-7-15;1-2-4-5-3-1/h3-11,17-18H,2,12-13H2,1H3;1-3H,(H,4,5). The van der Waals surface area contributed by atoms with Crippen molar-refractivity contribution in [2.45, 2.75) is 25.7 Å². The Hall–Kier alpha value is -2.83. The van der Waals surface area contributed by atoms with Gasteiger partial charge in [-0.05, 0) is 48.9 Å². The van der Waals surface area contributed by atoms with Crippen molar-refractivity contribution in [1.29, 1.82) is 0 Å². The molecule has 142 valence electrons. The van der Waals surface area contributed by atoms with E-state index in [1.165, 1.54) is 0 Å². The van der Waals surface area contributed by atoms with Crippen LogP contribution in [-0.4, -0.2) is 35.8 Å². The Morgan fingerprint density at radius 3 is 2.33 bits per heavy atom. The topological polar surface area (TPSA) is 65.6 Å². The molecule has 1 saturated heterocycles. The molecule has 2 unspecified atom stereocenters. The maximum atomic E-state index is 5.74. The lowest BCUT2D eigenvalue weighted by atomic mass is 10.3. The molecule has 4 rings (SSSR count). The summed E-state index contributed by atoms with van der Waals surface area (Å²) in [7, 11) is 0. The van der Waals surface area contributed by atoms with Crippen LogP contribution in [0.3, 0.4) is 0 Å². The lowest BCUT2D eigenvalue weighted by molar-refractivity contribution is -0.0642. The number of para-hydroxylation sites is 1. The van der Waals surface area contributed by atoms with E-state index >= 15 is 0 Å². The number of ether oxygens (including phenoxy) is 4. The second kappa shape index (κ2) is 10.4. The summed E-state index contributed by atoms with van der Waals surface area (Å²) in [5.74, 6) is 2.40. The Kier molecular flexibility index (Phi) is 7.26. The first-order valence-electron chi connectivity index (χ1n) is 9.00. The van der Waals surface area contributed by atoms with Gasteiger partial charge in [-0.25, -0.2) is 0 Å². The SMILES string of the molecule is CCC1OCC(COc2ccc(Oc3ccccc3)cc2)O1.c1cn[nH]c1. The summed E-state index contributed by atoms with van der Waals surface area (Å²) in [5.41, 5.74) is 0. The fraction of sp³-hybridized carbons (Fsp3) is 0.286. The molecule has 1 aliphatic rings. The number of benzene rings is 2. The van der Waals surface area contributed by atoms with E-state index in [9.17, 15) is 0 Å². The molecule has 0 aliphatic carbocycles. The van der Waals surface area contributed by atoms with E-state index in [1.54, 1.807) is 12.4 Å². The molecule has 1 aromatic heterocycles. The third-order valence-corrected chi connectivity index (χ3v) is 3.79. The summed E-state index contributed by atoms with van der Waals surface area (Å²) >= 11 is 0. The second-order valence-corrected chi connectivity index (χ2v) is 5.89. The molecule has 0 amide bonds. The maximum absolute atomic E-state index is 5.74. The normalized spacial score (nSPS) is 18.4. The van der Waals surface area contributed by atoms with Crippen molar-refractivity contribution < 1.29 is 18.9 Å². The number of aromatic amines is 1. The van der Waals surface area contributed by atoms with Gasteiger partial charge in [0.15, 0.2) is 6.29 Å². The van der Waals surface area contributed by atoms with Gasteiger partial charge in [0.2, 0.25) is 0 Å². The molecular weight excluding hydrogens is 344 g/mol. The summed E-state index contributed by atoms with van der Waals surface area (Å²) in [6, 6.07) is 19.1. The van der Waals surface area contributed by atoms with Gasteiger partial charge in [-0.2, -0.15) is 5.10 Å². The summed E-state index contributed by atoms with van der Waals surface area (Å²) in [5, 5.41) is 6.21. The first-order chi connectivity index (χ1) is 13.3. The van der Waals surface area contributed by atoms with E-state index in [2.05, 4.69) is 10.2 Å². The highest BCUT2D eigenvalue weighted by Gasteiger charge is 2.24. The van der Waals surface area contributed by atoms with Crippen LogP contribution >= 0.6 is 0 Å². The van der Waals surface area contributed by atoms with Crippen molar-refractivity contribution in [2.24, 2.45) is 0 Å². The fourth-order valence-corrected chi connectivity index (χ4v) is 2.44. The van der Waals surface area contributed by atoms with Crippen molar-refractivity contribution >= 4 is 0 Å². The van der Waals surface area contributed by atoms with Crippen molar-refractivity contribution in [1.82, 2.24) is 10.2 Å². The molecule has 2 atom stereocenters. The van der Waals surface area contributed by atoms with Crippen molar-refractivity contribution in [2.75, 3.05) is 13.2 Å². The molecule has 3 aromatic rings. The third-order valence-electron chi connectivity index (χ3n) is 3.79. The molecule has 1 fully saturated rings. The van der Waals surface area contributed by atoms with E-state index < -0.39 is 0 Å². The Balaban J connectivity index is 0.000000364. The minimum Gasteiger partial charge on any atom is -0.491 e. The second-order valence-electron chi connectivity index (χ2n) is 5.89. The van der Waals surface area contributed by atoms with Crippen LogP contribution in [0.4, 0.5) is 0 Å². The molecule has 6 heteroatoms. The lowest BCUT2D eigenvalue weighted by Gasteiger charge is -2.12. The van der Waals surface area contributed by atoms with Crippen LogP contribution in [0.1, 0.15) is 13.3 Å². The first-order valence-corrected chi connectivity index (χ1v) is 9.00. The molecule has 1 aliphatic heterocycles. The molecule has 6 nitrogen and oxygen atoms in total. The third kappa shape index (κ3) is 6.44. The Labute approximate surface area is 159 Å². The quantitative estimate of drug-likeness (QED) is 0.698. The molecular formula is C21H24N2O4. The van der Waals surface area contributed by atoms with Gasteiger partial charge in [0.1, 0.15) is 30.0 Å². The molecule has 27 heavy (non-hydrogen) atoms. The zero-order chi connectivity index (χ0) is 18.7. The number of hydrogen-bond donors (Lipinski definition) is 1. The van der Waals surface area contributed by atoms with Gasteiger partial charge < -0.3 is 18.9 Å². The summed E-state index contributed by atoms with van der Waals surface area (Å²) in [6.45, 7) is 3.13. The van der Waals surface area contributed by atoms with Gasteiger partial charge in [0.25, 0.3) is 0 Å². The minimum atomic E-state index is -0.0877.